The molecule has 0 radical (unpaired) electrons. The molecule has 0 aliphatic rings. The first-order valence-electron chi connectivity index (χ1n) is 5.96. The van der Waals surface area contributed by atoms with Crippen molar-refractivity contribution in [2.24, 2.45) is 0 Å². The van der Waals surface area contributed by atoms with Crippen molar-refractivity contribution < 1.29 is 9.53 Å². The molecule has 0 saturated carbocycles. The molecule has 0 unspecified atom stereocenters. The molecule has 0 spiro atoms. The fourth-order valence-electron chi connectivity index (χ4n) is 1.56. The Kier molecular flexibility index (Phi) is 4.58. The summed E-state index contributed by atoms with van der Waals surface area (Å²) in [6.07, 6.45) is 3.26. The molecule has 2 aromatic heterocycles. The highest BCUT2D eigenvalue weighted by atomic mass is 16.5. The van der Waals surface area contributed by atoms with Gasteiger partial charge in [-0.3, -0.25) is 14.8 Å². The van der Waals surface area contributed by atoms with Gasteiger partial charge in [-0.1, -0.05) is 6.07 Å². The minimum absolute atomic E-state index is 0.155. The van der Waals surface area contributed by atoms with Crippen LogP contribution in [-0.4, -0.2) is 36.1 Å². The fourth-order valence-corrected chi connectivity index (χ4v) is 1.56. The van der Waals surface area contributed by atoms with Crippen LogP contribution in [0.2, 0.25) is 0 Å². The van der Waals surface area contributed by atoms with Crippen LogP contribution in [0.5, 0.6) is 0 Å². The molecule has 0 fully saturated rings. The van der Waals surface area contributed by atoms with Crippen LogP contribution in [0.25, 0.3) is 11.4 Å². The van der Waals surface area contributed by atoms with Gasteiger partial charge < -0.3 is 10.1 Å². The molecule has 0 atom stereocenters. The molecule has 0 aliphatic heterocycles. The second-order valence-electron chi connectivity index (χ2n) is 3.90. The SMILES string of the molecule is COCCNC(=O)c1ccc(-c2ccccn2)nc1. The van der Waals surface area contributed by atoms with E-state index in [0.717, 1.165) is 11.4 Å². The minimum atomic E-state index is -0.155. The number of nitrogens with zero attached hydrogens (tertiary/aromatic N) is 2. The maximum Gasteiger partial charge on any atom is 0.252 e. The Morgan fingerprint density at radius 1 is 1.21 bits per heavy atom. The van der Waals surface area contributed by atoms with Gasteiger partial charge in [0.05, 0.1) is 23.6 Å². The standard InChI is InChI=1S/C14H15N3O2/c1-19-9-8-16-14(18)11-5-6-13(17-10-11)12-4-2-3-7-15-12/h2-7,10H,8-9H2,1H3,(H,16,18). The molecular formula is C14H15N3O2. The molecular weight excluding hydrogens is 242 g/mol. The zero-order valence-electron chi connectivity index (χ0n) is 10.7. The number of aromatic nitrogens is 2. The number of nitrogens with one attached hydrogen (secondary N) is 1. The highest BCUT2D eigenvalue weighted by Crippen LogP contribution is 2.13. The lowest BCUT2D eigenvalue weighted by Crippen LogP contribution is -2.26. The van der Waals surface area contributed by atoms with Gasteiger partial charge in [-0.2, -0.15) is 0 Å². The van der Waals surface area contributed by atoms with Crippen molar-refractivity contribution in [3.63, 3.8) is 0 Å². The van der Waals surface area contributed by atoms with E-state index in [4.69, 9.17) is 4.74 Å². The molecule has 2 heterocycles. The number of methoxy groups -OCH3 is 1. The van der Waals surface area contributed by atoms with Crippen LogP contribution in [0, 0.1) is 0 Å². The van der Waals surface area contributed by atoms with Gasteiger partial charge in [-0.15, -0.1) is 0 Å². The third-order valence-corrected chi connectivity index (χ3v) is 2.54. The predicted octanol–water partition coefficient (Wildman–Crippen LogP) is 1.52. The first kappa shape index (κ1) is 13.2. The van der Waals surface area contributed by atoms with Crippen molar-refractivity contribution in [3.05, 3.63) is 48.3 Å². The number of rotatable bonds is 5. The Balaban J connectivity index is 2.04. The highest BCUT2D eigenvalue weighted by molar-refractivity contribution is 5.94. The normalized spacial score (nSPS) is 10.2. The molecule has 1 N–H and O–H groups in total. The summed E-state index contributed by atoms with van der Waals surface area (Å²) in [4.78, 5) is 20.2. The summed E-state index contributed by atoms with van der Waals surface area (Å²) < 4.78 is 4.87. The maximum atomic E-state index is 11.7. The van der Waals surface area contributed by atoms with Crippen molar-refractivity contribution in [2.75, 3.05) is 20.3 Å². The van der Waals surface area contributed by atoms with Crippen LogP contribution < -0.4 is 5.32 Å². The minimum Gasteiger partial charge on any atom is -0.383 e. The number of carbonyl (C=O) groups excluding carboxylic acids is 1. The zero-order valence-corrected chi connectivity index (χ0v) is 10.7. The van der Waals surface area contributed by atoms with E-state index in [-0.39, 0.29) is 5.91 Å². The van der Waals surface area contributed by atoms with E-state index in [1.165, 1.54) is 0 Å². The third kappa shape index (κ3) is 3.59. The Bertz CT molecular complexity index is 526. The Morgan fingerprint density at radius 3 is 2.68 bits per heavy atom. The van der Waals surface area contributed by atoms with Gasteiger partial charge in [0.2, 0.25) is 0 Å². The summed E-state index contributed by atoms with van der Waals surface area (Å²) in [6.45, 7) is 0.975. The number of pyridine rings is 2. The largest absolute Gasteiger partial charge is 0.383 e. The summed E-state index contributed by atoms with van der Waals surface area (Å²) in [5.41, 5.74) is 2.05. The van der Waals surface area contributed by atoms with Crippen molar-refractivity contribution in [1.29, 1.82) is 0 Å². The second kappa shape index (κ2) is 6.61. The average molecular weight is 257 g/mol. The van der Waals surface area contributed by atoms with Gasteiger partial charge in [0, 0.05) is 26.0 Å². The van der Waals surface area contributed by atoms with E-state index in [1.54, 1.807) is 31.6 Å². The molecule has 0 bridgehead atoms. The van der Waals surface area contributed by atoms with E-state index < -0.39 is 0 Å². The van der Waals surface area contributed by atoms with Crippen molar-refractivity contribution in [1.82, 2.24) is 15.3 Å². The summed E-state index contributed by atoms with van der Waals surface area (Å²) in [5, 5.41) is 2.74. The highest BCUT2D eigenvalue weighted by Gasteiger charge is 2.06. The maximum absolute atomic E-state index is 11.7. The smallest absolute Gasteiger partial charge is 0.252 e. The topological polar surface area (TPSA) is 64.1 Å². The quantitative estimate of drug-likeness (QED) is 0.825. The first-order chi connectivity index (χ1) is 9.31. The molecule has 2 rings (SSSR count). The number of hydrogen-bond acceptors (Lipinski definition) is 4. The van der Waals surface area contributed by atoms with E-state index in [0.29, 0.717) is 18.7 Å². The van der Waals surface area contributed by atoms with E-state index in [9.17, 15) is 4.79 Å². The van der Waals surface area contributed by atoms with Gasteiger partial charge >= 0.3 is 0 Å². The molecule has 1 amide bonds. The van der Waals surface area contributed by atoms with E-state index >= 15 is 0 Å². The molecule has 0 saturated heterocycles. The number of ether oxygens (including phenoxy) is 1. The predicted molar refractivity (Wildman–Crippen MR) is 71.7 cm³/mol. The Hall–Kier alpha value is -2.27. The lowest BCUT2D eigenvalue weighted by atomic mass is 10.2. The monoisotopic (exact) mass is 257 g/mol. The third-order valence-electron chi connectivity index (χ3n) is 2.54. The Morgan fingerprint density at radius 2 is 2.05 bits per heavy atom. The van der Waals surface area contributed by atoms with E-state index in [2.05, 4.69) is 15.3 Å². The molecule has 0 aliphatic carbocycles. The number of carbonyl (C=O) groups is 1. The lowest BCUT2D eigenvalue weighted by molar-refractivity contribution is 0.0937. The molecule has 19 heavy (non-hydrogen) atoms. The van der Waals surface area contributed by atoms with Crippen LogP contribution in [0.4, 0.5) is 0 Å². The van der Waals surface area contributed by atoms with Crippen molar-refractivity contribution in [2.45, 2.75) is 0 Å². The van der Waals surface area contributed by atoms with Crippen LogP contribution >= 0.6 is 0 Å². The van der Waals surface area contributed by atoms with Crippen molar-refractivity contribution in [3.8, 4) is 11.4 Å². The van der Waals surface area contributed by atoms with Crippen LogP contribution in [-0.2, 0) is 4.74 Å². The molecule has 5 nitrogen and oxygen atoms in total. The lowest BCUT2D eigenvalue weighted by Gasteiger charge is -2.05. The van der Waals surface area contributed by atoms with Crippen molar-refractivity contribution >= 4 is 5.91 Å². The van der Waals surface area contributed by atoms with Crippen LogP contribution in [0.3, 0.4) is 0 Å². The van der Waals surface area contributed by atoms with Gasteiger partial charge in [-0.25, -0.2) is 0 Å². The van der Waals surface area contributed by atoms with Crippen LogP contribution in [0.15, 0.2) is 42.7 Å². The molecule has 2 aromatic rings. The van der Waals surface area contributed by atoms with E-state index in [1.807, 2.05) is 18.2 Å². The first-order valence-corrected chi connectivity index (χ1v) is 5.96. The van der Waals surface area contributed by atoms with Crippen LogP contribution in [0.1, 0.15) is 10.4 Å². The fraction of sp³-hybridized carbons (Fsp3) is 0.214. The zero-order chi connectivity index (χ0) is 13.5. The van der Waals surface area contributed by atoms with Gasteiger partial charge in [0.1, 0.15) is 0 Å². The summed E-state index contributed by atoms with van der Waals surface area (Å²) in [6, 6.07) is 9.14. The van der Waals surface area contributed by atoms with Gasteiger partial charge in [0.25, 0.3) is 5.91 Å². The Labute approximate surface area is 111 Å². The molecule has 98 valence electrons. The van der Waals surface area contributed by atoms with Gasteiger partial charge in [0.15, 0.2) is 0 Å². The summed E-state index contributed by atoms with van der Waals surface area (Å²) >= 11 is 0. The number of hydrogen-bond donors (Lipinski definition) is 1. The summed E-state index contributed by atoms with van der Waals surface area (Å²) in [5.74, 6) is -0.155. The average Bonchev–Trinajstić information content (AvgIpc) is 2.48. The number of amides is 1. The second-order valence-corrected chi connectivity index (χ2v) is 3.90. The van der Waals surface area contributed by atoms with Gasteiger partial charge in [-0.05, 0) is 24.3 Å². The molecule has 0 aromatic carbocycles. The summed E-state index contributed by atoms with van der Waals surface area (Å²) in [7, 11) is 1.59. The molecule has 5 heteroatoms.